The van der Waals surface area contributed by atoms with Gasteiger partial charge >= 0.3 is 0 Å². The van der Waals surface area contributed by atoms with Gasteiger partial charge in [-0.25, -0.2) is 0 Å². The number of hydroxylamine groups is 2. The van der Waals surface area contributed by atoms with Gasteiger partial charge in [0.05, 0.1) is 0 Å². The van der Waals surface area contributed by atoms with E-state index in [0.717, 1.165) is 13.1 Å². The van der Waals surface area contributed by atoms with Crippen molar-refractivity contribution >= 4 is 0 Å². The largest absolute Gasteiger partial charge is 0.367 e. The fraction of sp³-hybridized carbons (Fsp3) is 1.00. The van der Waals surface area contributed by atoms with E-state index in [0.29, 0.717) is 0 Å². The van der Waals surface area contributed by atoms with Crippen LogP contribution >= 0.6 is 0 Å². The molecule has 0 aromatic rings. The molecule has 0 saturated heterocycles. The first-order chi connectivity index (χ1) is 4.20. The average molecular weight is 133 g/mol. The molecule has 0 saturated carbocycles. The van der Waals surface area contributed by atoms with Crippen LogP contribution < -0.4 is 0 Å². The summed E-state index contributed by atoms with van der Waals surface area (Å²) in [7, 11) is 0. The van der Waals surface area contributed by atoms with Crippen molar-refractivity contribution < 1.29 is 9.94 Å². The maximum Gasteiger partial charge on any atom is 0.171 e. The van der Waals surface area contributed by atoms with E-state index in [4.69, 9.17) is 9.94 Å². The molecule has 0 aliphatic rings. The van der Waals surface area contributed by atoms with Gasteiger partial charge in [0.2, 0.25) is 0 Å². The summed E-state index contributed by atoms with van der Waals surface area (Å²) in [4.78, 5) is 4.94. The maximum atomic E-state index is 8.72. The van der Waals surface area contributed by atoms with Crippen molar-refractivity contribution in [2.45, 2.75) is 27.1 Å². The van der Waals surface area contributed by atoms with Crippen LogP contribution in [0.4, 0.5) is 0 Å². The molecule has 0 rings (SSSR count). The molecule has 0 aliphatic heterocycles. The molecule has 1 N–H and O–H groups in total. The summed E-state index contributed by atoms with van der Waals surface area (Å²) in [6.07, 6.45) is -0.690. The normalized spacial score (nSPS) is 14.3. The van der Waals surface area contributed by atoms with E-state index in [1.54, 1.807) is 12.0 Å². The first-order valence-corrected chi connectivity index (χ1v) is 3.30. The van der Waals surface area contributed by atoms with Crippen molar-refractivity contribution in [3.05, 3.63) is 0 Å². The average Bonchev–Trinajstić information content (AvgIpc) is 1.82. The lowest BCUT2D eigenvalue weighted by Gasteiger charge is -2.19. The second-order valence-corrected chi connectivity index (χ2v) is 1.82. The van der Waals surface area contributed by atoms with Crippen molar-refractivity contribution in [2.24, 2.45) is 0 Å². The van der Waals surface area contributed by atoms with Crippen LogP contribution in [0.15, 0.2) is 0 Å². The highest BCUT2D eigenvalue weighted by Crippen LogP contribution is 1.92. The fourth-order valence-corrected chi connectivity index (χ4v) is 0.588. The third kappa shape index (κ3) is 4.39. The summed E-state index contributed by atoms with van der Waals surface area (Å²) in [6, 6.07) is 0. The molecule has 0 fully saturated rings. The predicted octanol–water partition coefficient (Wildman–Crippen LogP) is 0.598. The maximum absolute atomic E-state index is 8.72. The molecule has 1 atom stereocenters. The molecule has 3 nitrogen and oxygen atoms in total. The van der Waals surface area contributed by atoms with E-state index in [2.05, 4.69) is 0 Å². The lowest BCUT2D eigenvalue weighted by atomic mass is 10.6. The standard InChI is InChI=1S/C6H15NO2/c1-4-7(5-2)9-6(3)8/h6,8H,4-5H2,1-3H3. The van der Waals surface area contributed by atoms with E-state index in [-0.39, 0.29) is 0 Å². The minimum atomic E-state index is -0.690. The van der Waals surface area contributed by atoms with Crippen LogP contribution in [0.2, 0.25) is 0 Å². The van der Waals surface area contributed by atoms with Gasteiger partial charge in [0, 0.05) is 13.1 Å². The van der Waals surface area contributed by atoms with Gasteiger partial charge in [0.1, 0.15) is 0 Å². The SMILES string of the molecule is CCN(CC)OC(C)O. The topological polar surface area (TPSA) is 32.7 Å². The molecule has 0 amide bonds. The summed E-state index contributed by atoms with van der Waals surface area (Å²) < 4.78 is 0. The highest BCUT2D eigenvalue weighted by Gasteiger charge is 2.01. The molecule has 56 valence electrons. The smallest absolute Gasteiger partial charge is 0.171 e. The van der Waals surface area contributed by atoms with E-state index < -0.39 is 6.29 Å². The van der Waals surface area contributed by atoms with E-state index in [1.807, 2.05) is 13.8 Å². The molecule has 3 heteroatoms. The van der Waals surface area contributed by atoms with E-state index >= 15 is 0 Å². The van der Waals surface area contributed by atoms with Gasteiger partial charge in [-0.3, -0.25) is 4.84 Å². The van der Waals surface area contributed by atoms with Crippen molar-refractivity contribution in [1.29, 1.82) is 0 Å². The van der Waals surface area contributed by atoms with Gasteiger partial charge in [-0.15, -0.1) is 0 Å². The number of nitrogens with zero attached hydrogens (tertiary/aromatic N) is 1. The summed E-state index contributed by atoms with van der Waals surface area (Å²) >= 11 is 0. The van der Waals surface area contributed by atoms with Gasteiger partial charge in [0.15, 0.2) is 6.29 Å². The monoisotopic (exact) mass is 133 g/mol. The molecule has 0 aromatic carbocycles. The quantitative estimate of drug-likeness (QED) is 0.450. The van der Waals surface area contributed by atoms with Crippen LogP contribution in [0, 0.1) is 0 Å². The van der Waals surface area contributed by atoms with Gasteiger partial charge < -0.3 is 5.11 Å². The van der Waals surface area contributed by atoms with E-state index in [9.17, 15) is 0 Å². The Labute approximate surface area is 56.2 Å². The molecule has 0 heterocycles. The summed E-state index contributed by atoms with van der Waals surface area (Å²) in [5, 5.41) is 10.4. The molecule has 9 heavy (non-hydrogen) atoms. The van der Waals surface area contributed by atoms with Gasteiger partial charge in [-0.05, 0) is 6.92 Å². The van der Waals surface area contributed by atoms with Crippen LogP contribution in [0.5, 0.6) is 0 Å². The molecular weight excluding hydrogens is 118 g/mol. The Morgan fingerprint density at radius 2 is 1.89 bits per heavy atom. The Balaban J connectivity index is 3.31. The zero-order chi connectivity index (χ0) is 7.28. The number of aliphatic hydroxyl groups is 1. The Hall–Kier alpha value is -0.120. The number of hydrogen-bond acceptors (Lipinski definition) is 3. The van der Waals surface area contributed by atoms with Crippen LogP contribution in [0.25, 0.3) is 0 Å². The van der Waals surface area contributed by atoms with Crippen molar-refractivity contribution in [1.82, 2.24) is 5.06 Å². The fourth-order valence-electron chi connectivity index (χ4n) is 0.588. The number of aliphatic hydroxyl groups excluding tert-OH is 1. The Morgan fingerprint density at radius 1 is 1.44 bits per heavy atom. The molecule has 0 radical (unpaired) electrons. The second kappa shape index (κ2) is 4.73. The highest BCUT2D eigenvalue weighted by atomic mass is 16.7. The minimum Gasteiger partial charge on any atom is -0.367 e. The zero-order valence-corrected chi connectivity index (χ0v) is 6.29. The lowest BCUT2D eigenvalue weighted by molar-refractivity contribution is -0.253. The van der Waals surface area contributed by atoms with Crippen LogP contribution in [0.1, 0.15) is 20.8 Å². The number of rotatable bonds is 4. The van der Waals surface area contributed by atoms with Crippen LogP contribution in [0.3, 0.4) is 0 Å². The third-order valence-corrected chi connectivity index (χ3v) is 1.01. The molecule has 1 unspecified atom stereocenters. The minimum absolute atomic E-state index is 0.690. The van der Waals surface area contributed by atoms with Crippen LogP contribution in [-0.4, -0.2) is 29.5 Å². The molecule has 0 spiro atoms. The van der Waals surface area contributed by atoms with Crippen molar-refractivity contribution in [3.8, 4) is 0 Å². The Kier molecular flexibility index (Phi) is 4.67. The predicted molar refractivity (Wildman–Crippen MR) is 35.7 cm³/mol. The van der Waals surface area contributed by atoms with Crippen molar-refractivity contribution in [2.75, 3.05) is 13.1 Å². The second-order valence-electron chi connectivity index (χ2n) is 1.82. The summed E-state index contributed by atoms with van der Waals surface area (Å²) in [5.74, 6) is 0. The molecular formula is C6H15NO2. The first-order valence-electron chi connectivity index (χ1n) is 3.30. The van der Waals surface area contributed by atoms with Gasteiger partial charge in [-0.1, -0.05) is 13.8 Å². The van der Waals surface area contributed by atoms with E-state index in [1.165, 1.54) is 0 Å². The Morgan fingerprint density at radius 3 is 2.00 bits per heavy atom. The third-order valence-electron chi connectivity index (χ3n) is 1.01. The highest BCUT2D eigenvalue weighted by molar-refractivity contribution is 4.33. The molecule has 0 aromatic heterocycles. The summed E-state index contributed by atoms with van der Waals surface area (Å²) in [6.45, 7) is 7.17. The van der Waals surface area contributed by atoms with Crippen LogP contribution in [-0.2, 0) is 4.84 Å². The van der Waals surface area contributed by atoms with Crippen molar-refractivity contribution in [3.63, 3.8) is 0 Å². The zero-order valence-electron chi connectivity index (χ0n) is 6.29. The Bertz CT molecular complexity index is 62.1. The molecule has 0 aliphatic carbocycles. The first kappa shape index (κ1) is 8.88. The van der Waals surface area contributed by atoms with Gasteiger partial charge in [-0.2, -0.15) is 5.06 Å². The number of hydrogen-bond donors (Lipinski definition) is 1. The summed E-state index contributed by atoms with van der Waals surface area (Å²) in [5.41, 5.74) is 0. The molecule has 0 bridgehead atoms. The lowest BCUT2D eigenvalue weighted by Crippen LogP contribution is -2.27. The van der Waals surface area contributed by atoms with Gasteiger partial charge in [0.25, 0.3) is 0 Å².